The molecule has 0 unspecified atom stereocenters. The molecule has 0 fully saturated rings. The molecular formula is C34H32BF4NO. The maximum absolute atomic E-state index is 9.75. The number of hydrogen-bond donors (Lipinski definition) is 0. The molecule has 210 valence electrons. The van der Waals surface area contributed by atoms with E-state index >= 15 is 0 Å². The minimum Gasteiger partial charge on any atom is -0.488 e. The summed E-state index contributed by atoms with van der Waals surface area (Å²) < 4.78 is 47.9. The van der Waals surface area contributed by atoms with Gasteiger partial charge in [-0.05, 0) is 41.0 Å². The molecule has 0 aliphatic heterocycles. The van der Waals surface area contributed by atoms with Gasteiger partial charge in [0.15, 0.2) is 0 Å². The summed E-state index contributed by atoms with van der Waals surface area (Å²) in [4.78, 5) is 0. The fourth-order valence-electron chi connectivity index (χ4n) is 4.59. The van der Waals surface area contributed by atoms with Gasteiger partial charge in [0.05, 0.1) is 5.56 Å². The molecule has 0 aliphatic rings. The molecule has 4 aromatic carbocycles. The summed E-state index contributed by atoms with van der Waals surface area (Å²) >= 11 is 0. The topological polar surface area (TPSA) is 13.1 Å². The number of hydrogen-bond acceptors (Lipinski definition) is 1. The Morgan fingerprint density at radius 1 is 0.610 bits per heavy atom. The lowest BCUT2D eigenvalue weighted by molar-refractivity contribution is -0.675. The molecule has 0 radical (unpaired) electrons. The van der Waals surface area contributed by atoms with Crippen molar-refractivity contribution < 1.29 is 26.6 Å². The van der Waals surface area contributed by atoms with Gasteiger partial charge in [-0.25, -0.2) is 0 Å². The highest BCUT2D eigenvalue weighted by atomic mass is 19.5. The molecule has 0 N–H and O–H groups in total. The average Bonchev–Trinajstić information content (AvgIpc) is 2.99. The Labute approximate surface area is 239 Å². The van der Waals surface area contributed by atoms with E-state index in [2.05, 4.69) is 133 Å². The van der Waals surface area contributed by atoms with Crippen LogP contribution in [0.3, 0.4) is 0 Å². The second-order valence-corrected chi connectivity index (χ2v) is 9.52. The Hall–Kier alpha value is -4.39. The zero-order valence-electron chi connectivity index (χ0n) is 22.9. The van der Waals surface area contributed by atoms with Crippen molar-refractivity contribution in [1.82, 2.24) is 0 Å². The standard InChI is InChI=1S/C34H32NO.BF4/c1-2-3-23-35-32(29-19-11-6-12-20-29)24-30(28-17-9-5-10-18-28)25-33(35)31-21-13-14-22-34(31)36-26-27-15-7-4-8-16-27;2-1(3,4)5/h4-22,24-25H,2-3,23,26H2,1H3;/q+1;-1. The van der Waals surface area contributed by atoms with E-state index in [1.165, 1.54) is 28.1 Å². The number of para-hydroxylation sites is 1. The van der Waals surface area contributed by atoms with Crippen molar-refractivity contribution in [2.75, 3.05) is 0 Å². The minimum absolute atomic E-state index is 0.538. The van der Waals surface area contributed by atoms with E-state index < -0.39 is 7.25 Å². The van der Waals surface area contributed by atoms with Gasteiger partial charge < -0.3 is 22.0 Å². The monoisotopic (exact) mass is 557 g/mol. The largest absolute Gasteiger partial charge is 0.673 e. The number of halogens is 4. The van der Waals surface area contributed by atoms with Gasteiger partial charge in [0, 0.05) is 24.1 Å². The number of benzene rings is 4. The van der Waals surface area contributed by atoms with Crippen molar-refractivity contribution in [2.45, 2.75) is 32.9 Å². The number of aromatic nitrogens is 1. The highest BCUT2D eigenvalue weighted by Crippen LogP contribution is 2.34. The summed E-state index contributed by atoms with van der Waals surface area (Å²) in [5, 5.41) is 0. The fraction of sp³-hybridized carbons (Fsp3) is 0.147. The molecule has 0 spiro atoms. The van der Waals surface area contributed by atoms with Gasteiger partial charge in [0.1, 0.15) is 18.9 Å². The minimum atomic E-state index is -6.00. The number of ether oxygens (including phenoxy) is 1. The molecule has 5 rings (SSSR count). The zero-order chi connectivity index (χ0) is 29.1. The SMILES string of the molecule is CCCC[n+]1c(-c2ccccc2)cc(-c2ccccc2)cc1-c1ccccc1OCc1ccccc1.F[B-](F)(F)F. The van der Waals surface area contributed by atoms with Gasteiger partial charge in [0.2, 0.25) is 11.4 Å². The third kappa shape index (κ3) is 8.80. The summed E-state index contributed by atoms with van der Waals surface area (Å²) in [5.74, 6) is 0.899. The Kier molecular flexibility index (Phi) is 10.3. The predicted molar refractivity (Wildman–Crippen MR) is 159 cm³/mol. The lowest BCUT2D eigenvalue weighted by atomic mass is 9.98. The van der Waals surface area contributed by atoms with Crippen molar-refractivity contribution in [2.24, 2.45) is 0 Å². The van der Waals surface area contributed by atoms with E-state index in [4.69, 9.17) is 4.74 Å². The fourth-order valence-corrected chi connectivity index (χ4v) is 4.59. The van der Waals surface area contributed by atoms with Crippen LogP contribution in [0.2, 0.25) is 0 Å². The van der Waals surface area contributed by atoms with Crippen LogP contribution in [0, 0.1) is 0 Å². The van der Waals surface area contributed by atoms with E-state index in [1.54, 1.807) is 0 Å². The lowest BCUT2D eigenvalue weighted by Crippen LogP contribution is -2.39. The third-order valence-corrected chi connectivity index (χ3v) is 6.48. The number of unbranched alkanes of at least 4 members (excludes halogenated alkanes) is 1. The van der Waals surface area contributed by atoms with Crippen molar-refractivity contribution in [3.05, 3.63) is 133 Å². The van der Waals surface area contributed by atoms with E-state index in [0.29, 0.717) is 6.61 Å². The normalized spacial score (nSPS) is 11.0. The number of pyridine rings is 1. The molecule has 0 bridgehead atoms. The molecule has 0 atom stereocenters. The van der Waals surface area contributed by atoms with E-state index in [0.717, 1.165) is 36.3 Å². The smallest absolute Gasteiger partial charge is 0.488 e. The van der Waals surface area contributed by atoms with Crippen LogP contribution in [0.1, 0.15) is 25.3 Å². The summed E-state index contributed by atoms with van der Waals surface area (Å²) in [6.07, 6.45) is 2.24. The summed E-state index contributed by atoms with van der Waals surface area (Å²) in [5.41, 5.74) is 8.30. The highest BCUT2D eigenvalue weighted by molar-refractivity contribution is 6.50. The first-order chi connectivity index (χ1) is 19.8. The lowest BCUT2D eigenvalue weighted by Gasteiger charge is -2.15. The molecule has 5 aromatic rings. The summed E-state index contributed by atoms with van der Waals surface area (Å²) in [7, 11) is -6.00. The van der Waals surface area contributed by atoms with Crippen molar-refractivity contribution >= 4 is 7.25 Å². The third-order valence-electron chi connectivity index (χ3n) is 6.48. The van der Waals surface area contributed by atoms with Crippen LogP contribution in [0.25, 0.3) is 33.6 Å². The van der Waals surface area contributed by atoms with Crippen LogP contribution in [-0.2, 0) is 13.2 Å². The molecule has 2 nitrogen and oxygen atoms in total. The van der Waals surface area contributed by atoms with Gasteiger partial charge in [-0.15, -0.1) is 0 Å². The first-order valence-corrected chi connectivity index (χ1v) is 13.7. The molecule has 0 aliphatic carbocycles. The highest BCUT2D eigenvalue weighted by Gasteiger charge is 2.24. The Morgan fingerprint density at radius 2 is 1.12 bits per heavy atom. The average molecular weight is 557 g/mol. The summed E-state index contributed by atoms with van der Waals surface area (Å²) in [6.45, 7) is 3.73. The first kappa shape index (κ1) is 29.6. The van der Waals surface area contributed by atoms with Gasteiger partial charge in [-0.3, -0.25) is 0 Å². The molecular weight excluding hydrogens is 525 g/mol. The quantitative estimate of drug-likeness (QED) is 0.0999. The number of nitrogens with zero attached hydrogens (tertiary/aromatic N) is 1. The van der Waals surface area contributed by atoms with Crippen molar-refractivity contribution in [3.63, 3.8) is 0 Å². The second kappa shape index (κ2) is 14.3. The van der Waals surface area contributed by atoms with Crippen molar-refractivity contribution in [3.8, 4) is 39.4 Å². The van der Waals surface area contributed by atoms with Crippen LogP contribution in [-0.4, -0.2) is 7.25 Å². The number of rotatable bonds is 9. The summed E-state index contributed by atoms with van der Waals surface area (Å²) in [6, 6.07) is 44.8. The van der Waals surface area contributed by atoms with Crippen LogP contribution in [0.15, 0.2) is 127 Å². The van der Waals surface area contributed by atoms with E-state index in [1.807, 2.05) is 6.07 Å². The van der Waals surface area contributed by atoms with Crippen molar-refractivity contribution in [1.29, 1.82) is 0 Å². The van der Waals surface area contributed by atoms with Gasteiger partial charge in [0.25, 0.3) is 0 Å². The van der Waals surface area contributed by atoms with Gasteiger partial charge in [-0.2, -0.15) is 4.57 Å². The molecule has 41 heavy (non-hydrogen) atoms. The van der Waals surface area contributed by atoms with Crippen LogP contribution >= 0.6 is 0 Å². The first-order valence-electron chi connectivity index (χ1n) is 13.7. The maximum Gasteiger partial charge on any atom is 0.673 e. The van der Waals surface area contributed by atoms with Crippen LogP contribution < -0.4 is 9.30 Å². The van der Waals surface area contributed by atoms with Crippen LogP contribution in [0.5, 0.6) is 5.75 Å². The molecule has 7 heteroatoms. The molecule has 0 saturated carbocycles. The molecule has 0 saturated heterocycles. The molecule has 1 aromatic heterocycles. The van der Waals surface area contributed by atoms with Gasteiger partial charge in [-0.1, -0.05) is 104 Å². The Balaban J connectivity index is 0.000000714. The second-order valence-electron chi connectivity index (χ2n) is 9.52. The van der Waals surface area contributed by atoms with Crippen LogP contribution in [0.4, 0.5) is 17.3 Å². The van der Waals surface area contributed by atoms with E-state index in [9.17, 15) is 17.3 Å². The Bertz CT molecular complexity index is 1510. The molecule has 1 heterocycles. The van der Waals surface area contributed by atoms with Gasteiger partial charge >= 0.3 is 7.25 Å². The molecule has 0 amide bonds. The maximum atomic E-state index is 9.75. The Morgan fingerprint density at radius 3 is 1.73 bits per heavy atom. The van der Waals surface area contributed by atoms with E-state index in [-0.39, 0.29) is 0 Å². The predicted octanol–water partition coefficient (Wildman–Crippen LogP) is 9.65. The zero-order valence-corrected chi connectivity index (χ0v) is 22.9.